The monoisotopic (exact) mass is 377 g/mol. The van der Waals surface area contributed by atoms with Gasteiger partial charge in [0.1, 0.15) is 5.82 Å². The lowest BCUT2D eigenvalue weighted by Crippen LogP contribution is -2.43. The molecule has 0 saturated heterocycles. The molecule has 0 spiro atoms. The lowest BCUT2D eigenvalue weighted by atomic mass is 9.80. The number of aliphatic imine (C=N–C) groups is 1. The van der Waals surface area contributed by atoms with Crippen LogP contribution in [0.1, 0.15) is 32.3 Å². The van der Waals surface area contributed by atoms with Crippen LogP contribution in [0, 0.1) is 5.92 Å². The number of Topliss-reactive ketones (excluding diaryl/α,β-unsaturated/α-hetero) is 1. The van der Waals surface area contributed by atoms with E-state index in [1.165, 1.54) is 23.0 Å². The van der Waals surface area contributed by atoms with Gasteiger partial charge in [0.05, 0.1) is 17.2 Å². The van der Waals surface area contributed by atoms with Crippen molar-refractivity contribution in [2.75, 3.05) is 0 Å². The van der Waals surface area contributed by atoms with E-state index in [2.05, 4.69) is 4.99 Å². The van der Waals surface area contributed by atoms with E-state index in [4.69, 9.17) is 0 Å². The molecular weight excluding hydrogens is 362 g/mol. The molecule has 0 fully saturated rings. The summed E-state index contributed by atoms with van der Waals surface area (Å²) in [5.74, 6) is -0.668. The minimum atomic E-state index is -0.543. The molecule has 2 aromatic heterocycles. The summed E-state index contributed by atoms with van der Waals surface area (Å²) in [7, 11) is 3.07. The minimum absolute atomic E-state index is 0.0238. The quantitative estimate of drug-likeness (QED) is 0.653. The van der Waals surface area contributed by atoms with Gasteiger partial charge in [0.15, 0.2) is 5.78 Å². The fourth-order valence-corrected chi connectivity index (χ4v) is 5.01. The topological polar surface area (TPSA) is 73.4 Å². The first-order valence-electron chi connectivity index (χ1n) is 8.56. The molecule has 0 unspecified atom stereocenters. The van der Waals surface area contributed by atoms with Gasteiger partial charge in [-0.1, -0.05) is 30.3 Å². The molecule has 5 rings (SSSR count). The van der Waals surface area contributed by atoms with Crippen LogP contribution in [0.2, 0.25) is 0 Å². The molecule has 0 N–H and O–H groups in total. The van der Waals surface area contributed by atoms with Gasteiger partial charge in [-0.3, -0.25) is 18.7 Å². The van der Waals surface area contributed by atoms with Crippen molar-refractivity contribution in [1.82, 2.24) is 9.13 Å². The van der Waals surface area contributed by atoms with Crippen LogP contribution in [-0.4, -0.2) is 20.6 Å². The van der Waals surface area contributed by atoms with Crippen LogP contribution in [0.4, 0.5) is 5.82 Å². The van der Waals surface area contributed by atoms with E-state index < -0.39 is 23.1 Å². The van der Waals surface area contributed by atoms with Gasteiger partial charge in [0.25, 0.3) is 5.56 Å². The van der Waals surface area contributed by atoms with E-state index in [9.17, 15) is 14.4 Å². The van der Waals surface area contributed by atoms with E-state index in [1.54, 1.807) is 13.1 Å². The second-order valence-corrected chi connectivity index (χ2v) is 7.80. The molecule has 2 aliphatic rings. The van der Waals surface area contributed by atoms with Crippen LogP contribution in [0.25, 0.3) is 0 Å². The Morgan fingerprint density at radius 2 is 1.67 bits per heavy atom. The zero-order valence-electron chi connectivity index (χ0n) is 14.7. The molecule has 2 atom stereocenters. The van der Waals surface area contributed by atoms with Crippen molar-refractivity contribution >= 4 is 28.6 Å². The van der Waals surface area contributed by atoms with Crippen molar-refractivity contribution in [1.29, 1.82) is 0 Å². The highest BCUT2D eigenvalue weighted by Crippen LogP contribution is 2.47. The highest BCUT2D eigenvalue weighted by Gasteiger charge is 2.48. The Bertz CT molecular complexity index is 1260. The third kappa shape index (κ3) is 2.00. The van der Waals surface area contributed by atoms with Crippen LogP contribution < -0.4 is 11.2 Å². The van der Waals surface area contributed by atoms with E-state index >= 15 is 0 Å². The van der Waals surface area contributed by atoms with Crippen molar-refractivity contribution < 1.29 is 4.79 Å². The summed E-state index contributed by atoms with van der Waals surface area (Å²) in [5, 5.41) is 1.93. The van der Waals surface area contributed by atoms with Crippen LogP contribution in [-0.2, 0) is 14.1 Å². The lowest BCUT2D eigenvalue weighted by Gasteiger charge is -2.28. The maximum atomic E-state index is 13.2. The molecule has 1 aliphatic carbocycles. The number of thiophene rings is 1. The van der Waals surface area contributed by atoms with Gasteiger partial charge >= 0.3 is 5.69 Å². The molecule has 0 amide bonds. The molecule has 0 bridgehead atoms. The second-order valence-electron chi connectivity index (χ2n) is 6.82. The van der Waals surface area contributed by atoms with Gasteiger partial charge in [0.2, 0.25) is 0 Å². The fourth-order valence-electron chi connectivity index (χ4n) is 4.14. The third-order valence-corrected chi connectivity index (χ3v) is 6.39. The Labute approximate surface area is 158 Å². The Hall–Kier alpha value is -3.06. The highest BCUT2D eigenvalue weighted by molar-refractivity contribution is 7.10. The Morgan fingerprint density at radius 3 is 2.37 bits per heavy atom. The lowest BCUT2D eigenvalue weighted by molar-refractivity contribution is 0.0953. The second kappa shape index (κ2) is 5.47. The van der Waals surface area contributed by atoms with E-state index in [-0.39, 0.29) is 5.78 Å². The SMILES string of the molecule is Cn1c2c(c(=O)n(C)c1=O)[C@@H](c1cccs1)[C@@H]1C(=O)c3ccccc3C1=N2. The minimum Gasteiger partial charge on any atom is -0.293 e. The normalized spacial score (nSPS) is 20.1. The Kier molecular flexibility index (Phi) is 3.27. The van der Waals surface area contributed by atoms with Gasteiger partial charge in [0, 0.05) is 36.0 Å². The number of fused-ring (bicyclic) bond motifs is 4. The summed E-state index contributed by atoms with van der Waals surface area (Å²) in [6.45, 7) is 0. The standard InChI is InChI=1S/C20H15N3O3S/c1-22-18-15(19(25)23(2)20(22)26)13(12-8-5-9-27-12)14-16(21-18)10-6-3-4-7-11(10)17(14)24/h3-9,13-14H,1-2H3/t13-,14-/m0/s1. The summed E-state index contributed by atoms with van der Waals surface area (Å²) < 4.78 is 2.48. The zero-order valence-corrected chi connectivity index (χ0v) is 15.5. The molecule has 0 saturated carbocycles. The molecule has 3 aromatic rings. The highest BCUT2D eigenvalue weighted by atomic mass is 32.1. The molecule has 0 radical (unpaired) electrons. The number of rotatable bonds is 1. The predicted octanol–water partition coefficient (Wildman–Crippen LogP) is 2.22. The number of benzene rings is 1. The van der Waals surface area contributed by atoms with Gasteiger partial charge in [-0.2, -0.15) is 0 Å². The summed E-state index contributed by atoms with van der Waals surface area (Å²) in [5.41, 5.74) is 1.65. The number of hydrogen-bond donors (Lipinski definition) is 0. The van der Waals surface area contributed by atoms with E-state index in [1.807, 2.05) is 35.7 Å². The summed E-state index contributed by atoms with van der Waals surface area (Å²) in [6, 6.07) is 11.2. The molecule has 7 heteroatoms. The number of carbonyl (C=O) groups is 1. The first-order chi connectivity index (χ1) is 13.0. The first-order valence-corrected chi connectivity index (χ1v) is 9.44. The molecule has 1 aromatic carbocycles. The van der Waals surface area contributed by atoms with Crippen molar-refractivity contribution in [3.63, 3.8) is 0 Å². The number of nitrogens with zero attached hydrogens (tertiary/aromatic N) is 3. The number of ketones is 1. The van der Waals surface area contributed by atoms with Gasteiger partial charge < -0.3 is 0 Å². The zero-order chi connectivity index (χ0) is 18.9. The number of carbonyl (C=O) groups excluding carboxylic acids is 1. The number of aromatic nitrogens is 2. The molecule has 134 valence electrons. The summed E-state index contributed by atoms with van der Waals surface area (Å²) >= 11 is 1.50. The van der Waals surface area contributed by atoms with Crippen LogP contribution >= 0.6 is 11.3 Å². The molecule has 1 aliphatic heterocycles. The Balaban J connectivity index is 1.93. The van der Waals surface area contributed by atoms with Crippen molar-refractivity contribution in [2.24, 2.45) is 25.0 Å². The molecule has 27 heavy (non-hydrogen) atoms. The van der Waals surface area contributed by atoms with Crippen LogP contribution in [0.5, 0.6) is 0 Å². The largest absolute Gasteiger partial charge is 0.332 e. The molecule has 3 heterocycles. The maximum Gasteiger partial charge on any atom is 0.332 e. The number of hydrogen-bond acceptors (Lipinski definition) is 5. The van der Waals surface area contributed by atoms with Crippen LogP contribution in [0.15, 0.2) is 56.4 Å². The van der Waals surface area contributed by atoms with Gasteiger partial charge in [-0.25, -0.2) is 9.79 Å². The fraction of sp³-hybridized carbons (Fsp3) is 0.200. The summed E-state index contributed by atoms with van der Waals surface area (Å²) in [6.07, 6.45) is 0. The van der Waals surface area contributed by atoms with E-state index in [0.717, 1.165) is 15.0 Å². The average molecular weight is 377 g/mol. The predicted molar refractivity (Wildman–Crippen MR) is 104 cm³/mol. The van der Waals surface area contributed by atoms with Gasteiger partial charge in [-0.05, 0) is 11.4 Å². The molecule has 6 nitrogen and oxygen atoms in total. The van der Waals surface area contributed by atoms with Crippen LogP contribution in [0.3, 0.4) is 0 Å². The van der Waals surface area contributed by atoms with Gasteiger partial charge in [-0.15, -0.1) is 11.3 Å². The maximum absolute atomic E-state index is 13.2. The third-order valence-electron chi connectivity index (χ3n) is 5.43. The first kappa shape index (κ1) is 16.1. The summed E-state index contributed by atoms with van der Waals surface area (Å²) in [4.78, 5) is 44.3. The van der Waals surface area contributed by atoms with Crippen molar-refractivity contribution in [3.05, 3.63) is 84.2 Å². The van der Waals surface area contributed by atoms with Crippen molar-refractivity contribution in [3.8, 4) is 0 Å². The Morgan fingerprint density at radius 1 is 0.926 bits per heavy atom. The smallest absolute Gasteiger partial charge is 0.293 e. The van der Waals surface area contributed by atoms with E-state index in [0.29, 0.717) is 22.7 Å². The average Bonchev–Trinajstić information content (AvgIpc) is 3.31. The molecular formula is C20H15N3O3S. The van der Waals surface area contributed by atoms with Crippen molar-refractivity contribution in [2.45, 2.75) is 5.92 Å².